The first-order valence-corrected chi connectivity index (χ1v) is 8.28. The number of H-pyrrole nitrogens is 1. The van der Waals surface area contributed by atoms with E-state index in [1.807, 2.05) is 18.2 Å². The van der Waals surface area contributed by atoms with Gasteiger partial charge in [0.1, 0.15) is 11.6 Å². The summed E-state index contributed by atoms with van der Waals surface area (Å²) >= 11 is 0. The first-order valence-electron chi connectivity index (χ1n) is 8.28. The molecule has 1 heterocycles. The first kappa shape index (κ1) is 16.6. The van der Waals surface area contributed by atoms with E-state index in [1.165, 1.54) is 12.6 Å². The van der Waals surface area contributed by atoms with Gasteiger partial charge in [-0.2, -0.15) is 10.5 Å². The third-order valence-electron chi connectivity index (χ3n) is 4.19. The molecule has 0 bridgehead atoms. The number of nitrogens with zero attached hydrogens (tertiary/aromatic N) is 4. The highest BCUT2D eigenvalue weighted by molar-refractivity contribution is 6.00. The molecule has 1 aromatic carbocycles. The van der Waals surface area contributed by atoms with E-state index in [0.29, 0.717) is 11.3 Å². The van der Waals surface area contributed by atoms with Crippen LogP contribution in [0.15, 0.2) is 30.5 Å². The molecular formula is C17H19N7O. The number of rotatable bonds is 5. The molecule has 1 amide bonds. The van der Waals surface area contributed by atoms with Gasteiger partial charge in [-0.15, -0.1) is 10.2 Å². The summed E-state index contributed by atoms with van der Waals surface area (Å²) in [4.78, 5) is 12.6. The number of anilines is 1. The van der Waals surface area contributed by atoms with Crippen molar-refractivity contribution in [3.63, 3.8) is 0 Å². The fourth-order valence-electron chi connectivity index (χ4n) is 2.89. The number of tetrazole rings is 1. The summed E-state index contributed by atoms with van der Waals surface area (Å²) in [6, 6.07) is 9.43. The Morgan fingerprint density at radius 2 is 2.08 bits per heavy atom. The molecule has 0 saturated heterocycles. The lowest BCUT2D eigenvalue weighted by Crippen LogP contribution is -2.36. The molecule has 1 aliphatic carbocycles. The van der Waals surface area contributed by atoms with Crippen LogP contribution in [0.3, 0.4) is 0 Å². The molecule has 0 radical (unpaired) electrons. The van der Waals surface area contributed by atoms with Crippen molar-refractivity contribution in [1.29, 1.82) is 5.26 Å². The van der Waals surface area contributed by atoms with E-state index in [2.05, 4.69) is 31.3 Å². The normalized spacial score (nSPS) is 15.4. The van der Waals surface area contributed by atoms with E-state index in [9.17, 15) is 10.1 Å². The molecule has 2 aromatic rings. The minimum absolute atomic E-state index is 0.110. The average molecular weight is 337 g/mol. The Kier molecular flexibility index (Phi) is 5.36. The maximum Gasteiger partial charge on any atom is 0.253 e. The number of allylic oxidation sites excluding steroid dienone is 1. The second kappa shape index (κ2) is 8.06. The van der Waals surface area contributed by atoms with Gasteiger partial charge >= 0.3 is 0 Å². The SMILES string of the molecule is N#CC(=CNc1ccccc1C(=O)NC1CCCCC1)c1nn[nH]n1. The standard InChI is InChI=1S/C17H19N7O/c18-10-12(16-21-23-24-22-16)11-19-15-9-5-4-8-14(15)17(25)20-13-6-2-1-3-7-13/h4-5,8-9,11,13,19H,1-3,6-7H2,(H,20,25)(H,21,22,23,24). The number of hydrogen-bond acceptors (Lipinski definition) is 6. The molecule has 1 saturated carbocycles. The largest absolute Gasteiger partial charge is 0.360 e. The highest BCUT2D eigenvalue weighted by Crippen LogP contribution is 2.20. The van der Waals surface area contributed by atoms with Crippen LogP contribution in [0.5, 0.6) is 0 Å². The number of para-hydroxylation sites is 1. The quantitative estimate of drug-likeness (QED) is 0.720. The lowest BCUT2D eigenvalue weighted by Gasteiger charge is -2.23. The lowest BCUT2D eigenvalue weighted by atomic mass is 9.95. The van der Waals surface area contributed by atoms with Crippen LogP contribution in [0.25, 0.3) is 5.57 Å². The number of benzene rings is 1. The van der Waals surface area contributed by atoms with Crippen molar-refractivity contribution in [3.8, 4) is 6.07 Å². The zero-order valence-corrected chi connectivity index (χ0v) is 13.7. The van der Waals surface area contributed by atoms with Gasteiger partial charge in [0.2, 0.25) is 5.82 Å². The summed E-state index contributed by atoms with van der Waals surface area (Å²) in [5, 5.41) is 28.6. The number of amides is 1. The summed E-state index contributed by atoms with van der Waals surface area (Å²) in [6.45, 7) is 0. The molecule has 0 aliphatic heterocycles. The topological polar surface area (TPSA) is 119 Å². The molecule has 1 fully saturated rings. The monoisotopic (exact) mass is 337 g/mol. The fourth-order valence-corrected chi connectivity index (χ4v) is 2.89. The summed E-state index contributed by atoms with van der Waals surface area (Å²) in [6.07, 6.45) is 7.07. The molecule has 1 aromatic heterocycles. The van der Waals surface area contributed by atoms with Crippen LogP contribution in [0.1, 0.15) is 48.3 Å². The lowest BCUT2D eigenvalue weighted by molar-refractivity contribution is 0.0928. The maximum atomic E-state index is 12.6. The van der Waals surface area contributed by atoms with Crippen LogP contribution >= 0.6 is 0 Å². The predicted molar refractivity (Wildman–Crippen MR) is 92.2 cm³/mol. The van der Waals surface area contributed by atoms with Crippen molar-refractivity contribution in [3.05, 3.63) is 41.9 Å². The second-order valence-electron chi connectivity index (χ2n) is 5.90. The first-order chi connectivity index (χ1) is 12.3. The fraction of sp³-hybridized carbons (Fsp3) is 0.353. The number of aromatic nitrogens is 4. The zero-order valence-electron chi connectivity index (χ0n) is 13.7. The Morgan fingerprint density at radius 3 is 2.80 bits per heavy atom. The van der Waals surface area contributed by atoms with E-state index in [-0.39, 0.29) is 23.3 Å². The van der Waals surface area contributed by atoms with E-state index >= 15 is 0 Å². The molecular weight excluding hydrogens is 318 g/mol. The van der Waals surface area contributed by atoms with Crippen LogP contribution in [0, 0.1) is 11.3 Å². The van der Waals surface area contributed by atoms with Gasteiger partial charge in [-0.05, 0) is 30.2 Å². The van der Waals surface area contributed by atoms with Gasteiger partial charge in [-0.25, -0.2) is 0 Å². The van der Waals surface area contributed by atoms with Gasteiger partial charge in [0.25, 0.3) is 5.91 Å². The van der Waals surface area contributed by atoms with Crippen LogP contribution in [0.2, 0.25) is 0 Å². The number of carbonyl (C=O) groups is 1. The second-order valence-corrected chi connectivity index (χ2v) is 5.90. The van der Waals surface area contributed by atoms with Crippen LogP contribution in [-0.4, -0.2) is 32.6 Å². The summed E-state index contributed by atoms with van der Waals surface area (Å²) in [5.74, 6) is 0.0839. The van der Waals surface area contributed by atoms with Crippen molar-refractivity contribution < 1.29 is 4.79 Å². The summed E-state index contributed by atoms with van der Waals surface area (Å²) in [7, 11) is 0. The number of hydrogen-bond donors (Lipinski definition) is 3. The van der Waals surface area contributed by atoms with Gasteiger partial charge in [0.05, 0.1) is 11.3 Å². The molecule has 8 nitrogen and oxygen atoms in total. The molecule has 0 atom stereocenters. The van der Waals surface area contributed by atoms with Crippen molar-refractivity contribution in [1.82, 2.24) is 25.9 Å². The minimum Gasteiger partial charge on any atom is -0.360 e. The van der Waals surface area contributed by atoms with E-state index < -0.39 is 0 Å². The van der Waals surface area contributed by atoms with Crippen molar-refractivity contribution in [2.45, 2.75) is 38.1 Å². The van der Waals surface area contributed by atoms with Crippen molar-refractivity contribution in [2.75, 3.05) is 5.32 Å². The van der Waals surface area contributed by atoms with Crippen molar-refractivity contribution in [2.24, 2.45) is 0 Å². The van der Waals surface area contributed by atoms with E-state index in [1.54, 1.807) is 12.1 Å². The molecule has 25 heavy (non-hydrogen) atoms. The van der Waals surface area contributed by atoms with Crippen LogP contribution in [-0.2, 0) is 0 Å². The molecule has 0 spiro atoms. The molecule has 1 aliphatic rings. The molecule has 128 valence electrons. The third kappa shape index (κ3) is 4.20. The van der Waals surface area contributed by atoms with E-state index in [4.69, 9.17) is 0 Å². The molecule has 3 rings (SSSR count). The molecule has 3 N–H and O–H groups in total. The Hall–Kier alpha value is -3.21. The number of nitriles is 1. The maximum absolute atomic E-state index is 12.6. The smallest absolute Gasteiger partial charge is 0.253 e. The van der Waals surface area contributed by atoms with Gasteiger partial charge < -0.3 is 10.6 Å². The Morgan fingerprint density at radius 1 is 1.28 bits per heavy atom. The van der Waals surface area contributed by atoms with Gasteiger partial charge in [0, 0.05) is 12.2 Å². The van der Waals surface area contributed by atoms with Crippen molar-refractivity contribution >= 4 is 17.2 Å². The predicted octanol–water partition coefficient (Wildman–Crippen LogP) is 2.24. The summed E-state index contributed by atoms with van der Waals surface area (Å²) in [5.41, 5.74) is 1.37. The van der Waals surface area contributed by atoms with Gasteiger partial charge in [-0.3, -0.25) is 4.79 Å². The number of nitrogens with one attached hydrogen (secondary N) is 3. The van der Waals surface area contributed by atoms with Crippen LogP contribution < -0.4 is 10.6 Å². The zero-order chi connectivity index (χ0) is 17.5. The Labute approximate surface area is 145 Å². The third-order valence-corrected chi connectivity index (χ3v) is 4.19. The molecule has 8 heteroatoms. The highest BCUT2D eigenvalue weighted by atomic mass is 16.1. The number of carbonyl (C=O) groups excluding carboxylic acids is 1. The van der Waals surface area contributed by atoms with Gasteiger partial charge in [-0.1, -0.05) is 31.4 Å². The minimum atomic E-state index is -0.110. The average Bonchev–Trinajstić information content (AvgIpc) is 3.18. The Balaban J connectivity index is 1.74. The van der Waals surface area contributed by atoms with Crippen LogP contribution in [0.4, 0.5) is 5.69 Å². The van der Waals surface area contributed by atoms with Gasteiger partial charge in [0.15, 0.2) is 0 Å². The highest BCUT2D eigenvalue weighted by Gasteiger charge is 2.18. The number of aromatic amines is 1. The van der Waals surface area contributed by atoms with E-state index in [0.717, 1.165) is 25.7 Å². The molecule has 0 unspecified atom stereocenters. The Bertz CT molecular complexity index is 786. The summed E-state index contributed by atoms with van der Waals surface area (Å²) < 4.78 is 0.